The van der Waals surface area contributed by atoms with Gasteiger partial charge in [0.1, 0.15) is 11.8 Å². The van der Waals surface area contributed by atoms with Crippen molar-refractivity contribution in [1.29, 1.82) is 0 Å². The number of carbonyl (C=O) groups excluding carboxylic acids is 1. The summed E-state index contributed by atoms with van der Waals surface area (Å²) in [5.74, 6) is 0.593. The third kappa shape index (κ3) is 5.77. The van der Waals surface area contributed by atoms with Gasteiger partial charge in [0.2, 0.25) is 15.9 Å². The molecule has 8 heteroatoms. The van der Waals surface area contributed by atoms with Crippen molar-refractivity contribution in [3.63, 3.8) is 0 Å². The third-order valence-corrected chi connectivity index (χ3v) is 5.92. The molecule has 0 saturated heterocycles. The number of nitrogens with one attached hydrogen (secondary N) is 1. The van der Waals surface area contributed by atoms with E-state index in [9.17, 15) is 13.2 Å². The van der Waals surface area contributed by atoms with Crippen LogP contribution in [0, 0.1) is 0 Å². The monoisotopic (exact) mass is 458 g/mol. The lowest BCUT2D eigenvalue weighted by molar-refractivity contribution is -0.117. The van der Waals surface area contributed by atoms with Gasteiger partial charge in [0.25, 0.3) is 0 Å². The van der Waals surface area contributed by atoms with E-state index in [2.05, 4.69) is 5.32 Å². The Morgan fingerprint density at radius 1 is 1.03 bits per heavy atom. The Hall–Kier alpha value is -3.03. The van der Waals surface area contributed by atoms with E-state index in [4.69, 9.17) is 16.3 Å². The summed E-state index contributed by atoms with van der Waals surface area (Å²) >= 11 is 6.06. The molecule has 1 amide bonds. The normalized spacial score (nSPS) is 12.1. The molecule has 0 aromatic heterocycles. The van der Waals surface area contributed by atoms with Crippen LogP contribution in [0.1, 0.15) is 13.3 Å². The number of ether oxygens (including phenoxy) is 1. The van der Waals surface area contributed by atoms with Gasteiger partial charge in [0.15, 0.2) is 5.75 Å². The highest BCUT2D eigenvalue weighted by molar-refractivity contribution is 7.92. The molecule has 0 radical (unpaired) electrons. The Morgan fingerprint density at radius 2 is 1.71 bits per heavy atom. The molecule has 0 heterocycles. The van der Waals surface area contributed by atoms with Crippen molar-refractivity contribution in [2.45, 2.75) is 19.4 Å². The zero-order valence-corrected chi connectivity index (χ0v) is 18.7. The number of para-hydroxylation sites is 3. The molecule has 0 aliphatic rings. The lowest BCUT2D eigenvalue weighted by atomic mass is 10.1. The van der Waals surface area contributed by atoms with Gasteiger partial charge in [-0.2, -0.15) is 0 Å². The fraction of sp³-hybridized carbons (Fsp3) is 0.174. The second-order valence-corrected chi connectivity index (χ2v) is 9.16. The van der Waals surface area contributed by atoms with Crippen LogP contribution in [0.4, 0.5) is 11.4 Å². The van der Waals surface area contributed by atoms with Gasteiger partial charge in [-0.05, 0) is 48.9 Å². The first-order chi connectivity index (χ1) is 14.8. The summed E-state index contributed by atoms with van der Waals surface area (Å²) in [5.41, 5.74) is 0.764. The minimum absolute atomic E-state index is 0.257. The summed E-state index contributed by atoms with van der Waals surface area (Å²) in [4.78, 5) is 13.2. The van der Waals surface area contributed by atoms with Crippen LogP contribution in [0.5, 0.6) is 11.5 Å². The van der Waals surface area contributed by atoms with Gasteiger partial charge in [0, 0.05) is 5.02 Å². The van der Waals surface area contributed by atoms with E-state index < -0.39 is 22.0 Å². The largest absolute Gasteiger partial charge is 0.455 e. The number of halogens is 1. The van der Waals surface area contributed by atoms with E-state index in [0.29, 0.717) is 27.9 Å². The topological polar surface area (TPSA) is 75.7 Å². The molecular weight excluding hydrogens is 436 g/mol. The Balaban J connectivity index is 1.90. The third-order valence-electron chi connectivity index (χ3n) is 4.51. The number of hydrogen-bond donors (Lipinski definition) is 1. The summed E-state index contributed by atoms with van der Waals surface area (Å²) in [6.45, 7) is 1.75. The van der Waals surface area contributed by atoms with Gasteiger partial charge in [-0.3, -0.25) is 9.10 Å². The maximum atomic E-state index is 13.2. The molecule has 0 bridgehead atoms. The van der Waals surface area contributed by atoms with Gasteiger partial charge in [-0.15, -0.1) is 0 Å². The van der Waals surface area contributed by atoms with Crippen molar-refractivity contribution in [2.24, 2.45) is 0 Å². The quantitative estimate of drug-likeness (QED) is 0.496. The number of hydrogen-bond acceptors (Lipinski definition) is 4. The summed E-state index contributed by atoms with van der Waals surface area (Å²) in [5, 5.41) is 3.19. The average molecular weight is 459 g/mol. The highest BCUT2D eigenvalue weighted by atomic mass is 35.5. The van der Waals surface area contributed by atoms with Crippen LogP contribution in [-0.4, -0.2) is 26.6 Å². The lowest BCUT2D eigenvalue weighted by Gasteiger charge is -2.30. The predicted molar refractivity (Wildman–Crippen MR) is 124 cm³/mol. The van der Waals surface area contributed by atoms with Crippen molar-refractivity contribution >= 4 is 38.9 Å². The number of rotatable bonds is 8. The van der Waals surface area contributed by atoms with Crippen molar-refractivity contribution in [1.82, 2.24) is 0 Å². The molecule has 0 fully saturated rings. The first-order valence-electron chi connectivity index (χ1n) is 9.67. The first-order valence-corrected chi connectivity index (χ1v) is 11.9. The Labute approximate surface area is 187 Å². The molecule has 31 heavy (non-hydrogen) atoms. The zero-order chi connectivity index (χ0) is 22.4. The molecule has 162 valence electrons. The molecule has 0 saturated carbocycles. The second kappa shape index (κ2) is 9.85. The zero-order valence-electron chi connectivity index (χ0n) is 17.2. The SMILES string of the molecule is CC[C@@H](C(=O)Nc1ccccc1Oc1ccccc1)N(c1cccc(Cl)c1)S(C)(=O)=O. The summed E-state index contributed by atoms with van der Waals surface area (Å²) in [7, 11) is -3.76. The Kier molecular flexibility index (Phi) is 7.20. The van der Waals surface area contributed by atoms with E-state index >= 15 is 0 Å². The smallest absolute Gasteiger partial charge is 0.248 e. The van der Waals surface area contributed by atoms with Crippen molar-refractivity contribution in [2.75, 3.05) is 15.9 Å². The molecule has 3 aromatic rings. The molecule has 0 aliphatic heterocycles. The Bertz CT molecular complexity index is 1150. The van der Waals surface area contributed by atoms with Crippen LogP contribution in [0.15, 0.2) is 78.9 Å². The number of amides is 1. The van der Waals surface area contributed by atoms with Crippen LogP contribution < -0.4 is 14.4 Å². The van der Waals surface area contributed by atoms with Crippen LogP contribution in [-0.2, 0) is 14.8 Å². The van der Waals surface area contributed by atoms with E-state index in [0.717, 1.165) is 10.6 Å². The molecule has 0 aliphatic carbocycles. The Morgan fingerprint density at radius 3 is 2.35 bits per heavy atom. The number of sulfonamides is 1. The van der Waals surface area contributed by atoms with Gasteiger partial charge < -0.3 is 10.1 Å². The average Bonchev–Trinajstić information content (AvgIpc) is 2.73. The minimum Gasteiger partial charge on any atom is -0.455 e. The summed E-state index contributed by atoms with van der Waals surface area (Å²) in [6, 6.07) is 21.6. The van der Waals surface area contributed by atoms with Crippen molar-refractivity contribution < 1.29 is 17.9 Å². The molecule has 3 aromatic carbocycles. The number of carbonyl (C=O) groups is 1. The second-order valence-electron chi connectivity index (χ2n) is 6.86. The standard InChI is InChI=1S/C23H23ClN2O4S/c1-3-21(26(31(2,28)29)18-11-9-10-17(24)16-18)23(27)25-20-14-7-8-15-22(20)30-19-12-5-4-6-13-19/h4-16,21H,3H2,1-2H3,(H,25,27)/t21-/m0/s1. The van der Waals surface area contributed by atoms with Gasteiger partial charge in [0.05, 0.1) is 17.6 Å². The van der Waals surface area contributed by atoms with Gasteiger partial charge >= 0.3 is 0 Å². The summed E-state index contributed by atoms with van der Waals surface area (Å²) in [6.07, 6.45) is 1.32. The predicted octanol–water partition coefficient (Wildman–Crippen LogP) is 5.32. The molecule has 1 atom stereocenters. The van der Waals surface area contributed by atoms with Crippen LogP contribution >= 0.6 is 11.6 Å². The minimum atomic E-state index is -3.76. The molecular formula is C23H23ClN2O4S. The summed E-state index contributed by atoms with van der Waals surface area (Å²) < 4.78 is 32.2. The molecule has 0 spiro atoms. The number of nitrogens with zero attached hydrogens (tertiary/aromatic N) is 1. The number of anilines is 2. The fourth-order valence-corrected chi connectivity index (χ4v) is 4.55. The molecule has 0 unspecified atom stereocenters. The fourth-order valence-electron chi connectivity index (χ4n) is 3.16. The van der Waals surface area contributed by atoms with Gasteiger partial charge in [-0.1, -0.05) is 54.9 Å². The first kappa shape index (κ1) is 22.7. The van der Waals surface area contributed by atoms with Crippen LogP contribution in [0.2, 0.25) is 5.02 Å². The van der Waals surface area contributed by atoms with Crippen LogP contribution in [0.3, 0.4) is 0 Å². The maximum Gasteiger partial charge on any atom is 0.248 e. The molecule has 6 nitrogen and oxygen atoms in total. The molecule has 1 N–H and O–H groups in total. The highest BCUT2D eigenvalue weighted by Gasteiger charge is 2.32. The van der Waals surface area contributed by atoms with Crippen LogP contribution in [0.25, 0.3) is 0 Å². The van der Waals surface area contributed by atoms with E-state index in [1.165, 1.54) is 6.07 Å². The number of benzene rings is 3. The van der Waals surface area contributed by atoms with E-state index in [1.54, 1.807) is 61.5 Å². The van der Waals surface area contributed by atoms with Gasteiger partial charge in [-0.25, -0.2) is 8.42 Å². The van der Waals surface area contributed by atoms with Crippen molar-refractivity contribution in [3.8, 4) is 11.5 Å². The van der Waals surface area contributed by atoms with E-state index in [-0.39, 0.29) is 6.42 Å². The molecule has 3 rings (SSSR count). The highest BCUT2D eigenvalue weighted by Crippen LogP contribution is 2.31. The lowest BCUT2D eigenvalue weighted by Crippen LogP contribution is -2.47. The maximum absolute atomic E-state index is 13.2. The van der Waals surface area contributed by atoms with Crippen molar-refractivity contribution in [3.05, 3.63) is 83.9 Å². The van der Waals surface area contributed by atoms with E-state index in [1.807, 2.05) is 18.2 Å².